The lowest BCUT2D eigenvalue weighted by Crippen LogP contribution is -2.45. The highest BCUT2D eigenvalue weighted by atomic mass is 32.3. The second-order valence-corrected chi connectivity index (χ2v) is 10.1. The molecule has 1 aliphatic heterocycles. The van der Waals surface area contributed by atoms with Crippen LogP contribution in [0.25, 0.3) is 10.9 Å². The number of halogens is 1. The van der Waals surface area contributed by atoms with Gasteiger partial charge in [-0.15, -0.1) is 0 Å². The van der Waals surface area contributed by atoms with E-state index in [2.05, 4.69) is 20.0 Å². The summed E-state index contributed by atoms with van der Waals surface area (Å²) in [7, 11) is -4.30. The van der Waals surface area contributed by atoms with Crippen molar-refractivity contribution in [3.63, 3.8) is 0 Å². The predicted molar refractivity (Wildman–Crippen MR) is 134 cm³/mol. The molecule has 0 spiro atoms. The van der Waals surface area contributed by atoms with Gasteiger partial charge in [-0.1, -0.05) is 10.3 Å². The molecule has 38 heavy (non-hydrogen) atoms. The summed E-state index contributed by atoms with van der Waals surface area (Å²) in [6.45, 7) is 1.52. The summed E-state index contributed by atoms with van der Waals surface area (Å²) >= 11 is 0. The molecule has 2 aromatic heterocycles. The van der Waals surface area contributed by atoms with E-state index in [1.165, 1.54) is 60.2 Å². The summed E-state index contributed by atoms with van der Waals surface area (Å²) in [5.41, 5.74) is -0.452. The zero-order valence-corrected chi connectivity index (χ0v) is 20.7. The molecule has 2 atom stereocenters. The van der Waals surface area contributed by atoms with Crippen LogP contribution in [0.2, 0.25) is 0 Å². The van der Waals surface area contributed by atoms with Crippen molar-refractivity contribution in [2.45, 2.75) is 30.7 Å². The molecule has 4 aromatic rings. The maximum absolute atomic E-state index is 13.4. The molecule has 5 rings (SSSR count). The molecule has 0 saturated carbocycles. The van der Waals surface area contributed by atoms with Crippen molar-refractivity contribution >= 4 is 38.8 Å². The molecule has 0 radical (unpaired) electrons. The fourth-order valence-corrected chi connectivity index (χ4v) is 5.32. The van der Waals surface area contributed by atoms with Crippen LogP contribution < -0.4 is 20.3 Å². The van der Waals surface area contributed by atoms with Crippen molar-refractivity contribution in [3.05, 3.63) is 82.8 Å². The molecule has 3 heterocycles. The Balaban J connectivity index is 1.52. The van der Waals surface area contributed by atoms with E-state index in [-0.39, 0.29) is 51.8 Å². The Hall–Kier alpha value is -4.49. The Morgan fingerprint density at radius 2 is 1.89 bits per heavy atom. The normalized spacial score (nSPS) is 17.1. The minimum absolute atomic E-state index is 0.0229. The van der Waals surface area contributed by atoms with Gasteiger partial charge in [-0.05, 0) is 55.8 Å². The Morgan fingerprint density at radius 1 is 1.13 bits per heavy atom. The molecule has 11 nitrogen and oxygen atoms in total. The molecule has 2 amide bonds. The largest absolute Gasteiger partial charge is 0.588 e. The van der Waals surface area contributed by atoms with Gasteiger partial charge in [0, 0.05) is 18.7 Å². The summed E-state index contributed by atoms with van der Waals surface area (Å²) in [4.78, 5) is 45.4. The van der Waals surface area contributed by atoms with Crippen molar-refractivity contribution in [2.24, 2.45) is 0 Å². The molecule has 1 fully saturated rings. The fourth-order valence-electron chi connectivity index (χ4n) is 4.18. The number of anilines is 1. The molecule has 1 saturated heterocycles. The van der Waals surface area contributed by atoms with E-state index in [0.717, 1.165) is 12.1 Å². The van der Waals surface area contributed by atoms with E-state index in [4.69, 9.17) is 4.74 Å². The van der Waals surface area contributed by atoms with Crippen LogP contribution in [0.15, 0.2) is 70.5 Å². The molecule has 0 bridgehead atoms. The topological polar surface area (TPSA) is 155 Å². The minimum atomic E-state index is -4.30. The van der Waals surface area contributed by atoms with E-state index in [9.17, 15) is 27.5 Å². The third-order valence-electron chi connectivity index (χ3n) is 5.93. The molecule has 13 heteroatoms. The summed E-state index contributed by atoms with van der Waals surface area (Å²) < 4.78 is 49.2. The van der Waals surface area contributed by atoms with Crippen molar-refractivity contribution in [3.8, 4) is 11.6 Å². The first-order valence-electron chi connectivity index (χ1n) is 11.4. The summed E-state index contributed by atoms with van der Waals surface area (Å²) in [5.74, 6) is -1.39. The summed E-state index contributed by atoms with van der Waals surface area (Å²) in [6, 6.07) is 11.2. The third kappa shape index (κ3) is 4.76. The molecule has 194 valence electrons. The van der Waals surface area contributed by atoms with Crippen LogP contribution in [-0.4, -0.2) is 30.9 Å². The molecule has 0 aliphatic carbocycles. The average Bonchev–Trinajstić information content (AvgIpc) is 2.87. The molecular formula is C25H20FN5O6S. The van der Waals surface area contributed by atoms with Crippen LogP contribution in [0, 0.1) is 12.7 Å². The number of para-hydroxylation sites is 1. The molecule has 2 aromatic carbocycles. The smallest absolute Gasteiger partial charge is 0.278 e. The predicted octanol–water partition coefficient (Wildman–Crippen LogP) is 3.02. The number of aromatic nitrogens is 3. The van der Waals surface area contributed by atoms with Crippen molar-refractivity contribution < 1.29 is 27.5 Å². The number of rotatable bonds is 6. The highest BCUT2D eigenvalue weighted by Gasteiger charge is 2.32. The quantitative estimate of drug-likeness (QED) is 0.281. The first kappa shape index (κ1) is 25.2. The molecule has 2 N–H and O–H groups in total. The number of hydrogen-bond acceptors (Lipinski definition) is 8. The number of imide groups is 1. The Morgan fingerprint density at radius 3 is 2.63 bits per heavy atom. The maximum Gasteiger partial charge on any atom is 0.278 e. The number of amides is 2. The number of hydrogen-bond donors (Lipinski definition) is 2. The Bertz CT molecular complexity index is 1690. The van der Waals surface area contributed by atoms with Gasteiger partial charge in [-0.2, -0.15) is 0 Å². The van der Waals surface area contributed by atoms with E-state index in [0.29, 0.717) is 0 Å². The van der Waals surface area contributed by atoms with E-state index in [1.54, 1.807) is 0 Å². The third-order valence-corrected chi connectivity index (χ3v) is 7.31. The Labute approximate surface area is 216 Å². The molecular weight excluding hydrogens is 517 g/mol. The van der Waals surface area contributed by atoms with Gasteiger partial charge in [0.05, 0.1) is 5.39 Å². The molecule has 1 aliphatic rings. The lowest BCUT2D eigenvalue weighted by molar-refractivity contribution is -0.135. The van der Waals surface area contributed by atoms with Gasteiger partial charge in [0.15, 0.2) is 10.4 Å². The first-order valence-corrected chi connectivity index (χ1v) is 12.9. The highest BCUT2D eigenvalue weighted by molar-refractivity contribution is 7.99. The lowest BCUT2D eigenvalue weighted by Gasteiger charge is -2.25. The minimum Gasteiger partial charge on any atom is -0.588 e. The van der Waals surface area contributed by atoms with Crippen LogP contribution in [0.4, 0.5) is 10.1 Å². The SMILES string of the molecule is Cc1nc2c(N[S+](=O)([O-])c3cccnc3Oc3ccc(F)cc3)cccc2c(=O)n1C1CCC(=O)NC1=O. The maximum atomic E-state index is 13.4. The summed E-state index contributed by atoms with van der Waals surface area (Å²) in [5, 5.41) is 2.30. The lowest BCUT2D eigenvalue weighted by atomic mass is 10.1. The van der Waals surface area contributed by atoms with Gasteiger partial charge in [0.2, 0.25) is 16.7 Å². The van der Waals surface area contributed by atoms with Crippen LogP contribution in [0.1, 0.15) is 24.7 Å². The van der Waals surface area contributed by atoms with Gasteiger partial charge < -0.3 is 9.29 Å². The number of carbonyl (C=O) groups excluding carboxylic acids is 2. The standard InChI is InChI=1S/C25H20FN5O6S/c1-14-28-22-17(25(34)31(14)19-11-12-21(32)29-23(19)33)4-2-5-18(22)30-38(35,36)20-6-3-13-27-24(20)37-16-9-7-15(26)8-10-16/h2-10,13,19H,11-12H2,1H3,(H2-,29,30,32,33,35,36). The van der Waals surface area contributed by atoms with Crippen LogP contribution in [-0.2, 0) is 24.2 Å². The van der Waals surface area contributed by atoms with Gasteiger partial charge in [-0.25, -0.2) is 19.1 Å². The number of carbonyl (C=O) groups is 2. The van der Waals surface area contributed by atoms with Gasteiger partial charge in [-0.3, -0.25) is 24.3 Å². The second-order valence-electron chi connectivity index (χ2n) is 8.47. The summed E-state index contributed by atoms with van der Waals surface area (Å²) in [6.07, 6.45) is 1.56. The van der Waals surface area contributed by atoms with E-state index in [1.807, 2.05) is 0 Å². The van der Waals surface area contributed by atoms with Crippen LogP contribution >= 0.6 is 0 Å². The van der Waals surface area contributed by atoms with Gasteiger partial charge >= 0.3 is 0 Å². The first-order chi connectivity index (χ1) is 18.1. The van der Waals surface area contributed by atoms with Crippen molar-refractivity contribution in [1.29, 1.82) is 0 Å². The van der Waals surface area contributed by atoms with Crippen LogP contribution in [0.5, 0.6) is 11.6 Å². The second kappa shape index (κ2) is 9.76. The number of pyridine rings is 1. The number of sulfonamides is 1. The number of ether oxygens (including phenoxy) is 1. The van der Waals surface area contributed by atoms with Gasteiger partial charge in [0.25, 0.3) is 11.4 Å². The number of piperidine rings is 1. The van der Waals surface area contributed by atoms with Crippen LogP contribution in [0.3, 0.4) is 0 Å². The number of nitrogens with one attached hydrogen (secondary N) is 2. The number of aryl methyl sites for hydroxylation is 1. The van der Waals surface area contributed by atoms with E-state index >= 15 is 0 Å². The molecule has 2 unspecified atom stereocenters. The van der Waals surface area contributed by atoms with Crippen molar-refractivity contribution in [2.75, 3.05) is 4.72 Å². The van der Waals surface area contributed by atoms with Gasteiger partial charge in [0.1, 0.15) is 34.6 Å². The number of fused-ring (bicyclic) bond motifs is 1. The Kier molecular flexibility index (Phi) is 6.46. The monoisotopic (exact) mass is 537 g/mol. The zero-order valence-electron chi connectivity index (χ0n) is 19.8. The van der Waals surface area contributed by atoms with Crippen molar-refractivity contribution in [1.82, 2.24) is 19.9 Å². The highest BCUT2D eigenvalue weighted by Crippen LogP contribution is 2.32. The fraction of sp³-hybridized carbons (Fsp3) is 0.160. The number of benzene rings is 2. The zero-order chi connectivity index (χ0) is 27.0. The average molecular weight is 538 g/mol. The number of nitrogens with zero attached hydrogens (tertiary/aromatic N) is 3. The van der Waals surface area contributed by atoms with E-state index < -0.39 is 39.6 Å².